The molecule has 5 nitrogen and oxygen atoms in total. The Morgan fingerprint density at radius 2 is 1.86 bits per heavy atom. The number of carbonyl (C=O) groups is 1. The third kappa shape index (κ3) is 5.56. The molecule has 0 saturated carbocycles. The molecule has 1 N–H and O–H groups in total. The predicted molar refractivity (Wildman–Crippen MR) is 91.6 cm³/mol. The molecule has 5 heteroatoms. The molecule has 0 aromatic heterocycles. The van der Waals surface area contributed by atoms with Crippen molar-refractivity contribution in [1.82, 2.24) is 9.80 Å². The number of anilines is 1. The lowest BCUT2D eigenvalue weighted by Gasteiger charge is -2.23. The monoisotopic (exact) mass is 307 g/mol. The van der Waals surface area contributed by atoms with E-state index in [4.69, 9.17) is 4.74 Å². The lowest BCUT2D eigenvalue weighted by atomic mass is 10.3. The van der Waals surface area contributed by atoms with E-state index in [9.17, 15) is 4.79 Å². The van der Waals surface area contributed by atoms with Gasteiger partial charge in [-0.3, -0.25) is 0 Å². The van der Waals surface area contributed by atoms with E-state index < -0.39 is 0 Å². The summed E-state index contributed by atoms with van der Waals surface area (Å²) in [4.78, 5) is 16.1. The van der Waals surface area contributed by atoms with Gasteiger partial charge >= 0.3 is 6.03 Å². The number of nitrogens with one attached hydrogen (secondary N) is 1. The van der Waals surface area contributed by atoms with Gasteiger partial charge in [0.25, 0.3) is 0 Å². The number of urea groups is 1. The molecule has 2 amide bonds. The number of carbonyl (C=O) groups excluding carboxylic acids is 1. The number of amides is 2. The molecule has 0 bridgehead atoms. The van der Waals surface area contributed by atoms with E-state index in [-0.39, 0.29) is 12.1 Å². The quantitative estimate of drug-likeness (QED) is 0.801. The Labute approximate surface area is 134 Å². The number of hydrogen-bond acceptors (Lipinski definition) is 3. The lowest BCUT2D eigenvalue weighted by Crippen LogP contribution is -2.36. The molecule has 0 spiro atoms. The van der Waals surface area contributed by atoms with Crippen LogP contribution >= 0.6 is 0 Å². The highest BCUT2D eigenvalue weighted by molar-refractivity contribution is 5.90. The average molecular weight is 307 g/mol. The maximum absolute atomic E-state index is 12.1. The van der Waals surface area contributed by atoms with Gasteiger partial charge in [-0.1, -0.05) is 26.0 Å². The smallest absolute Gasteiger partial charge is 0.321 e. The van der Waals surface area contributed by atoms with Crippen LogP contribution in [0.25, 0.3) is 0 Å². The van der Waals surface area contributed by atoms with Crippen LogP contribution in [0.15, 0.2) is 24.3 Å². The van der Waals surface area contributed by atoms with Crippen LogP contribution in [0, 0.1) is 0 Å². The van der Waals surface area contributed by atoms with Gasteiger partial charge in [-0.15, -0.1) is 0 Å². The number of nitrogens with zero attached hydrogens (tertiary/aromatic N) is 2. The maximum atomic E-state index is 12.1. The van der Waals surface area contributed by atoms with Crippen molar-refractivity contribution in [2.24, 2.45) is 0 Å². The third-order valence-electron chi connectivity index (χ3n) is 3.78. The Balaban J connectivity index is 2.64. The van der Waals surface area contributed by atoms with Gasteiger partial charge in [0.05, 0.1) is 5.69 Å². The van der Waals surface area contributed by atoms with E-state index in [1.807, 2.05) is 38.1 Å². The van der Waals surface area contributed by atoms with E-state index >= 15 is 0 Å². The Kier molecular flexibility index (Phi) is 7.74. The van der Waals surface area contributed by atoms with Crippen molar-refractivity contribution >= 4 is 11.7 Å². The lowest BCUT2D eigenvalue weighted by molar-refractivity contribution is 0.210. The van der Waals surface area contributed by atoms with Gasteiger partial charge < -0.3 is 19.9 Å². The highest BCUT2D eigenvalue weighted by Gasteiger charge is 2.14. The average Bonchev–Trinajstić information content (AvgIpc) is 2.52. The van der Waals surface area contributed by atoms with E-state index in [2.05, 4.69) is 24.1 Å². The Morgan fingerprint density at radius 1 is 1.23 bits per heavy atom. The molecule has 22 heavy (non-hydrogen) atoms. The van der Waals surface area contributed by atoms with Gasteiger partial charge in [0.15, 0.2) is 0 Å². The molecule has 0 aliphatic rings. The van der Waals surface area contributed by atoms with Crippen molar-refractivity contribution < 1.29 is 9.53 Å². The number of benzene rings is 1. The van der Waals surface area contributed by atoms with Crippen molar-refractivity contribution in [2.75, 3.05) is 38.6 Å². The van der Waals surface area contributed by atoms with Gasteiger partial charge in [0.1, 0.15) is 12.4 Å². The number of likely N-dealkylation sites (N-methyl/N-ethyl adjacent to an activating group) is 1. The topological polar surface area (TPSA) is 44.8 Å². The molecule has 1 rings (SSSR count). The van der Waals surface area contributed by atoms with Crippen LogP contribution in [-0.4, -0.2) is 55.2 Å². The standard InChI is InChI=1S/C17H29N3O2/c1-6-20(7-2)12-13-22-16-11-9-8-10-15(16)18-17(21)19(5)14(3)4/h8-11,14H,6-7,12-13H2,1-5H3,(H,18,21). The van der Waals surface area contributed by atoms with Gasteiger partial charge in [-0.05, 0) is 39.1 Å². The van der Waals surface area contributed by atoms with E-state index in [0.29, 0.717) is 18.0 Å². The summed E-state index contributed by atoms with van der Waals surface area (Å²) >= 11 is 0. The summed E-state index contributed by atoms with van der Waals surface area (Å²) in [5.41, 5.74) is 0.708. The van der Waals surface area contributed by atoms with Crippen LogP contribution < -0.4 is 10.1 Å². The van der Waals surface area contributed by atoms with Crippen LogP contribution in [0.5, 0.6) is 5.75 Å². The minimum absolute atomic E-state index is 0.130. The van der Waals surface area contributed by atoms with Crippen LogP contribution in [-0.2, 0) is 0 Å². The van der Waals surface area contributed by atoms with Crippen LogP contribution in [0.3, 0.4) is 0 Å². The second-order valence-electron chi connectivity index (χ2n) is 5.51. The minimum atomic E-state index is -0.130. The predicted octanol–water partition coefficient (Wildman–Crippen LogP) is 3.28. The molecule has 1 aromatic carbocycles. The molecular weight excluding hydrogens is 278 g/mol. The number of ether oxygens (including phenoxy) is 1. The summed E-state index contributed by atoms with van der Waals surface area (Å²) in [5.74, 6) is 0.708. The number of para-hydroxylation sites is 2. The Morgan fingerprint density at radius 3 is 2.45 bits per heavy atom. The van der Waals surface area contributed by atoms with Crippen molar-refractivity contribution in [3.8, 4) is 5.75 Å². The fraction of sp³-hybridized carbons (Fsp3) is 0.588. The van der Waals surface area contributed by atoms with Crippen molar-refractivity contribution in [3.63, 3.8) is 0 Å². The van der Waals surface area contributed by atoms with Crippen molar-refractivity contribution in [3.05, 3.63) is 24.3 Å². The highest BCUT2D eigenvalue weighted by Crippen LogP contribution is 2.24. The first-order valence-corrected chi connectivity index (χ1v) is 7.97. The molecule has 0 fully saturated rings. The molecule has 0 radical (unpaired) electrons. The normalized spacial score (nSPS) is 10.9. The summed E-state index contributed by atoms with van der Waals surface area (Å²) in [6.45, 7) is 11.7. The van der Waals surface area contributed by atoms with Gasteiger partial charge in [0, 0.05) is 19.6 Å². The first-order valence-electron chi connectivity index (χ1n) is 7.97. The largest absolute Gasteiger partial charge is 0.490 e. The van der Waals surface area contributed by atoms with Crippen LogP contribution in [0.1, 0.15) is 27.7 Å². The molecule has 124 valence electrons. The zero-order valence-electron chi connectivity index (χ0n) is 14.4. The zero-order valence-corrected chi connectivity index (χ0v) is 14.4. The van der Waals surface area contributed by atoms with Gasteiger partial charge in [-0.25, -0.2) is 4.79 Å². The first kappa shape index (κ1) is 18.3. The summed E-state index contributed by atoms with van der Waals surface area (Å²) in [7, 11) is 1.78. The third-order valence-corrected chi connectivity index (χ3v) is 3.78. The van der Waals surface area contributed by atoms with Crippen molar-refractivity contribution in [2.45, 2.75) is 33.7 Å². The highest BCUT2D eigenvalue weighted by atomic mass is 16.5. The molecule has 0 unspecified atom stereocenters. The van der Waals surface area contributed by atoms with Crippen LogP contribution in [0.4, 0.5) is 10.5 Å². The SMILES string of the molecule is CCN(CC)CCOc1ccccc1NC(=O)N(C)C(C)C. The van der Waals surface area contributed by atoms with Crippen molar-refractivity contribution in [1.29, 1.82) is 0 Å². The molecule has 0 saturated heterocycles. The van der Waals surface area contributed by atoms with E-state index in [0.717, 1.165) is 19.6 Å². The Hall–Kier alpha value is -1.75. The minimum Gasteiger partial charge on any atom is -0.490 e. The number of rotatable bonds is 8. The summed E-state index contributed by atoms with van der Waals surface area (Å²) in [6, 6.07) is 7.56. The van der Waals surface area contributed by atoms with E-state index in [1.165, 1.54) is 0 Å². The second kappa shape index (κ2) is 9.30. The van der Waals surface area contributed by atoms with Gasteiger partial charge in [-0.2, -0.15) is 0 Å². The molecule has 0 aliphatic carbocycles. The van der Waals surface area contributed by atoms with Gasteiger partial charge in [0.2, 0.25) is 0 Å². The fourth-order valence-electron chi connectivity index (χ4n) is 1.96. The number of hydrogen-bond donors (Lipinski definition) is 1. The second-order valence-corrected chi connectivity index (χ2v) is 5.51. The summed E-state index contributed by atoms with van der Waals surface area (Å²) in [5, 5.41) is 2.91. The van der Waals surface area contributed by atoms with E-state index in [1.54, 1.807) is 11.9 Å². The Bertz CT molecular complexity index is 459. The zero-order chi connectivity index (χ0) is 16.5. The van der Waals surface area contributed by atoms with Crippen LogP contribution in [0.2, 0.25) is 0 Å². The first-order chi connectivity index (χ1) is 10.5. The summed E-state index contributed by atoms with van der Waals surface area (Å²) in [6.07, 6.45) is 0. The molecule has 0 heterocycles. The molecular formula is C17H29N3O2. The fourth-order valence-corrected chi connectivity index (χ4v) is 1.96. The molecule has 1 aromatic rings. The maximum Gasteiger partial charge on any atom is 0.321 e. The molecule has 0 atom stereocenters. The molecule has 0 aliphatic heterocycles. The summed E-state index contributed by atoms with van der Waals surface area (Å²) < 4.78 is 5.84.